The molecule has 1 aromatic carbocycles. The van der Waals surface area contributed by atoms with Gasteiger partial charge in [0.1, 0.15) is 0 Å². The largest absolute Gasteiger partial charge is 0.366 e. The molecule has 82 valence electrons. The topological polar surface area (TPSA) is 65.1 Å². The molecule has 2 aromatic rings. The third kappa shape index (κ3) is 1.48. The van der Waals surface area contributed by atoms with Crippen molar-refractivity contribution in [3.63, 3.8) is 0 Å². The number of nitrogens with two attached hydrogens (primary N) is 1. The van der Waals surface area contributed by atoms with Gasteiger partial charge in [-0.25, -0.2) is 0 Å². The van der Waals surface area contributed by atoms with Crippen molar-refractivity contribution in [2.75, 3.05) is 0 Å². The van der Waals surface area contributed by atoms with Gasteiger partial charge in [-0.3, -0.25) is 9.59 Å². The van der Waals surface area contributed by atoms with E-state index in [2.05, 4.69) is 0 Å². The SMILES string of the molecule is Cc1ccc2c(=O)n(C)cc(C(N)=O)c2c1. The molecule has 0 aliphatic rings. The van der Waals surface area contributed by atoms with Crippen molar-refractivity contribution < 1.29 is 4.79 Å². The van der Waals surface area contributed by atoms with Crippen LogP contribution in [0.5, 0.6) is 0 Å². The van der Waals surface area contributed by atoms with E-state index in [1.807, 2.05) is 13.0 Å². The number of carbonyl (C=O) groups is 1. The van der Waals surface area contributed by atoms with Crippen LogP contribution in [-0.4, -0.2) is 10.5 Å². The number of primary amides is 1. The maximum atomic E-state index is 11.8. The fourth-order valence-electron chi connectivity index (χ4n) is 1.78. The maximum Gasteiger partial charge on any atom is 0.258 e. The lowest BCUT2D eigenvalue weighted by Crippen LogP contribution is -2.21. The molecule has 1 aromatic heterocycles. The van der Waals surface area contributed by atoms with E-state index in [1.165, 1.54) is 10.8 Å². The van der Waals surface area contributed by atoms with E-state index in [0.717, 1.165) is 5.56 Å². The normalized spacial score (nSPS) is 10.6. The highest BCUT2D eigenvalue weighted by molar-refractivity contribution is 6.05. The summed E-state index contributed by atoms with van der Waals surface area (Å²) < 4.78 is 1.37. The van der Waals surface area contributed by atoms with Gasteiger partial charge in [0.2, 0.25) is 0 Å². The summed E-state index contributed by atoms with van der Waals surface area (Å²) in [5.41, 5.74) is 6.53. The Labute approximate surface area is 92.3 Å². The molecule has 1 heterocycles. The van der Waals surface area contributed by atoms with Gasteiger partial charge < -0.3 is 10.3 Å². The summed E-state index contributed by atoms with van der Waals surface area (Å²) in [6.45, 7) is 1.90. The van der Waals surface area contributed by atoms with Gasteiger partial charge >= 0.3 is 0 Å². The number of hydrogen-bond acceptors (Lipinski definition) is 2. The first-order valence-electron chi connectivity index (χ1n) is 4.90. The minimum absolute atomic E-state index is 0.125. The van der Waals surface area contributed by atoms with Crippen LogP contribution in [0, 0.1) is 6.92 Å². The predicted molar refractivity (Wildman–Crippen MR) is 62.4 cm³/mol. The van der Waals surface area contributed by atoms with Gasteiger partial charge in [-0.15, -0.1) is 0 Å². The monoisotopic (exact) mass is 216 g/mol. The highest BCUT2D eigenvalue weighted by Crippen LogP contribution is 2.16. The van der Waals surface area contributed by atoms with E-state index in [-0.39, 0.29) is 5.56 Å². The number of rotatable bonds is 1. The Morgan fingerprint density at radius 1 is 1.31 bits per heavy atom. The van der Waals surface area contributed by atoms with E-state index in [4.69, 9.17) is 5.73 Å². The second kappa shape index (κ2) is 3.48. The zero-order valence-electron chi connectivity index (χ0n) is 9.15. The van der Waals surface area contributed by atoms with Gasteiger partial charge in [-0.05, 0) is 13.0 Å². The Balaban J connectivity index is 3.01. The molecule has 16 heavy (non-hydrogen) atoms. The number of aryl methyl sites for hydroxylation is 2. The molecule has 0 radical (unpaired) electrons. The lowest BCUT2D eigenvalue weighted by Gasteiger charge is -2.07. The summed E-state index contributed by atoms with van der Waals surface area (Å²) in [4.78, 5) is 23.1. The summed E-state index contributed by atoms with van der Waals surface area (Å²) in [7, 11) is 1.61. The smallest absolute Gasteiger partial charge is 0.258 e. The van der Waals surface area contributed by atoms with Crippen molar-refractivity contribution in [1.82, 2.24) is 4.57 Å². The molecule has 4 heteroatoms. The second-order valence-corrected chi connectivity index (χ2v) is 3.87. The number of benzene rings is 1. The number of amides is 1. The third-order valence-corrected chi connectivity index (χ3v) is 2.60. The van der Waals surface area contributed by atoms with E-state index >= 15 is 0 Å². The number of carbonyl (C=O) groups excluding carboxylic acids is 1. The minimum atomic E-state index is -0.522. The first-order valence-corrected chi connectivity index (χ1v) is 4.90. The number of hydrogen-bond donors (Lipinski definition) is 1. The molecule has 0 saturated heterocycles. The van der Waals surface area contributed by atoms with Gasteiger partial charge in [0.25, 0.3) is 11.5 Å². The van der Waals surface area contributed by atoms with Gasteiger partial charge in [-0.2, -0.15) is 0 Å². The zero-order valence-corrected chi connectivity index (χ0v) is 9.15. The van der Waals surface area contributed by atoms with Crippen LogP contribution in [0.4, 0.5) is 0 Å². The molecule has 0 bridgehead atoms. The molecule has 0 saturated carbocycles. The maximum absolute atomic E-state index is 11.8. The number of aromatic nitrogens is 1. The van der Waals surface area contributed by atoms with Crippen LogP contribution in [0.1, 0.15) is 15.9 Å². The van der Waals surface area contributed by atoms with Crippen LogP contribution in [0.3, 0.4) is 0 Å². The molecule has 0 aliphatic heterocycles. The first kappa shape index (κ1) is 10.4. The molecule has 0 spiro atoms. The van der Waals surface area contributed by atoms with Gasteiger partial charge in [0.05, 0.1) is 5.56 Å². The third-order valence-electron chi connectivity index (χ3n) is 2.60. The average Bonchev–Trinajstić information content (AvgIpc) is 2.22. The predicted octanol–water partition coefficient (Wildman–Crippen LogP) is 0.946. The van der Waals surface area contributed by atoms with Crippen molar-refractivity contribution in [3.05, 3.63) is 45.9 Å². The Bertz CT molecular complexity index is 641. The van der Waals surface area contributed by atoms with Crippen LogP contribution < -0.4 is 11.3 Å². The molecular formula is C12H12N2O2. The van der Waals surface area contributed by atoms with Crippen molar-refractivity contribution in [3.8, 4) is 0 Å². The van der Waals surface area contributed by atoms with Gasteiger partial charge in [-0.1, -0.05) is 17.7 Å². The number of pyridine rings is 1. The summed E-state index contributed by atoms with van der Waals surface area (Å²) in [5.74, 6) is -0.522. The van der Waals surface area contributed by atoms with E-state index in [1.54, 1.807) is 19.2 Å². The fourth-order valence-corrected chi connectivity index (χ4v) is 1.78. The molecule has 0 atom stereocenters. The summed E-state index contributed by atoms with van der Waals surface area (Å²) in [6, 6.07) is 5.37. The summed E-state index contributed by atoms with van der Waals surface area (Å²) in [6.07, 6.45) is 1.48. The van der Waals surface area contributed by atoms with Crippen LogP contribution in [-0.2, 0) is 7.05 Å². The molecule has 2 N–H and O–H groups in total. The molecule has 2 rings (SSSR count). The average molecular weight is 216 g/mol. The van der Waals surface area contributed by atoms with Crippen molar-refractivity contribution in [2.45, 2.75) is 6.92 Å². The Morgan fingerprint density at radius 2 is 2.00 bits per heavy atom. The van der Waals surface area contributed by atoms with Gasteiger partial charge in [0.15, 0.2) is 0 Å². The lowest BCUT2D eigenvalue weighted by molar-refractivity contribution is 0.100. The zero-order chi connectivity index (χ0) is 11.9. The summed E-state index contributed by atoms with van der Waals surface area (Å²) in [5, 5.41) is 1.14. The van der Waals surface area contributed by atoms with Crippen LogP contribution >= 0.6 is 0 Å². The standard InChI is InChI=1S/C12H12N2O2/c1-7-3-4-8-9(5-7)10(11(13)15)6-14(2)12(8)16/h3-6H,1-2H3,(H2,13,15). The van der Waals surface area contributed by atoms with Crippen molar-refractivity contribution in [1.29, 1.82) is 0 Å². The minimum Gasteiger partial charge on any atom is -0.366 e. The Kier molecular flexibility index (Phi) is 2.27. The van der Waals surface area contributed by atoms with Gasteiger partial charge in [0, 0.05) is 24.0 Å². The van der Waals surface area contributed by atoms with Crippen LogP contribution in [0.25, 0.3) is 10.8 Å². The lowest BCUT2D eigenvalue weighted by atomic mass is 10.0. The van der Waals surface area contributed by atoms with E-state index < -0.39 is 5.91 Å². The van der Waals surface area contributed by atoms with Crippen molar-refractivity contribution in [2.24, 2.45) is 12.8 Å². The Hall–Kier alpha value is -2.10. The van der Waals surface area contributed by atoms with Crippen LogP contribution in [0.15, 0.2) is 29.2 Å². The molecular weight excluding hydrogens is 204 g/mol. The number of fused-ring (bicyclic) bond motifs is 1. The Morgan fingerprint density at radius 3 is 2.62 bits per heavy atom. The van der Waals surface area contributed by atoms with Crippen molar-refractivity contribution >= 4 is 16.7 Å². The first-order chi connectivity index (χ1) is 7.50. The molecule has 1 amide bonds. The molecule has 0 fully saturated rings. The molecule has 4 nitrogen and oxygen atoms in total. The fraction of sp³-hybridized carbons (Fsp3) is 0.167. The molecule has 0 unspecified atom stereocenters. The highest BCUT2D eigenvalue weighted by atomic mass is 16.1. The van der Waals surface area contributed by atoms with E-state index in [0.29, 0.717) is 16.3 Å². The summed E-state index contributed by atoms with van der Waals surface area (Å²) >= 11 is 0. The number of nitrogens with zero attached hydrogens (tertiary/aromatic N) is 1. The van der Waals surface area contributed by atoms with Crippen LogP contribution in [0.2, 0.25) is 0 Å². The highest BCUT2D eigenvalue weighted by Gasteiger charge is 2.10. The molecule has 0 aliphatic carbocycles. The second-order valence-electron chi connectivity index (χ2n) is 3.87. The van der Waals surface area contributed by atoms with E-state index in [9.17, 15) is 9.59 Å². The quantitative estimate of drug-likeness (QED) is 0.771.